The summed E-state index contributed by atoms with van der Waals surface area (Å²) < 4.78 is 42.8. The maximum atomic E-state index is 9.97. The molecule has 0 aromatic heterocycles. The van der Waals surface area contributed by atoms with Crippen LogP contribution in [0.5, 0.6) is 0 Å². The molecule has 0 N–H and O–H groups in total. The first-order valence-electron chi connectivity index (χ1n) is 23.7. The molecule has 9 fully saturated rings. The average Bonchev–Trinajstić information content (AvgIpc) is 4.22. The monoisotopic (exact) mass is 1330 g/mol. The largest absolute Gasteiger partial charge is 3.00 e. The molecular formula is C45H63Cl3O27Ti4. The van der Waals surface area contributed by atoms with Gasteiger partial charge in [0.25, 0.3) is 0 Å². The second kappa shape index (κ2) is 55.8. The molecular weight excluding hydrogens is 1270 g/mol. The Bertz CT molecular complexity index is 1260. The third-order valence-corrected chi connectivity index (χ3v) is 10.7. The van der Waals surface area contributed by atoms with Gasteiger partial charge in [0.15, 0.2) is 0 Å². The zero-order valence-corrected chi connectivity index (χ0v) is 51.5. The summed E-state index contributed by atoms with van der Waals surface area (Å²) in [7, 11) is 0. The molecule has 0 bridgehead atoms. The van der Waals surface area contributed by atoms with E-state index in [4.69, 9.17) is 42.6 Å². The fourth-order valence-corrected chi connectivity index (χ4v) is 6.87. The first-order valence-corrected chi connectivity index (χ1v) is 23.7. The van der Waals surface area contributed by atoms with Crippen LogP contribution < -0.4 is 83.2 Å². The van der Waals surface area contributed by atoms with Crippen molar-refractivity contribution < 1.29 is 256 Å². The van der Waals surface area contributed by atoms with Gasteiger partial charge in [0, 0.05) is 59.5 Å². The van der Waals surface area contributed by atoms with Gasteiger partial charge in [0.1, 0.15) is 0 Å². The van der Waals surface area contributed by atoms with E-state index in [2.05, 4.69) is 0 Å². The van der Waals surface area contributed by atoms with Crippen molar-refractivity contribution in [1.82, 2.24) is 0 Å². The Kier molecular flexibility index (Phi) is 64.5. The van der Waals surface area contributed by atoms with Crippen LogP contribution in [0.3, 0.4) is 0 Å². The molecule has 79 heavy (non-hydrogen) atoms. The van der Waals surface area contributed by atoms with E-state index in [9.17, 15) is 89.1 Å². The smallest absolute Gasteiger partial charge is 1.00 e. The number of ether oxygens (including phenoxy) is 9. The van der Waals surface area contributed by atoms with Gasteiger partial charge in [-0.15, -0.1) is 0 Å². The van der Waals surface area contributed by atoms with Gasteiger partial charge in [0.2, 0.25) is 0 Å². The van der Waals surface area contributed by atoms with Gasteiger partial charge >= 0.3 is 86.9 Å². The molecule has 0 aromatic rings. The number of rotatable bonds is 9. The van der Waals surface area contributed by atoms with Crippen molar-refractivity contribution in [3.05, 3.63) is 0 Å². The summed E-state index contributed by atoms with van der Waals surface area (Å²) in [6.07, 6.45) is 7.47. The van der Waals surface area contributed by atoms with Crippen LogP contribution >= 0.6 is 0 Å². The maximum Gasteiger partial charge on any atom is 3.00 e. The van der Waals surface area contributed by atoms with Crippen molar-refractivity contribution in [3.8, 4) is 0 Å². The molecule has 9 unspecified atom stereocenters. The van der Waals surface area contributed by atoms with Crippen molar-refractivity contribution in [3.63, 3.8) is 0 Å². The van der Waals surface area contributed by atoms with E-state index in [0.717, 1.165) is 57.8 Å². The van der Waals surface area contributed by atoms with E-state index >= 15 is 0 Å². The summed E-state index contributed by atoms with van der Waals surface area (Å²) in [6.45, 7) is 5.11. The summed E-state index contributed by atoms with van der Waals surface area (Å²) in [6, 6.07) is 0. The summed E-state index contributed by atoms with van der Waals surface area (Å²) in [5.74, 6) is -9.73. The van der Waals surface area contributed by atoms with Gasteiger partial charge < -0.3 is 169 Å². The molecule has 9 saturated heterocycles. The number of aliphatic carboxylic acids is 9. The van der Waals surface area contributed by atoms with E-state index in [1.54, 1.807) is 0 Å². The molecule has 0 spiro atoms. The number of halogens is 3. The molecule has 34 heteroatoms. The van der Waals surface area contributed by atoms with Crippen LogP contribution in [0.4, 0.5) is 0 Å². The number of hydrogen-bond acceptors (Lipinski definition) is 27. The Morgan fingerprint density at radius 2 is 0.278 bits per heavy atom. The van der Waals surface area contributed by atoms with E-state index in [0.29, 0.717) is 117 Å². The second-order valence-electron chi connectivity index (χ2n) is 16.4. The Labute approximate surface area is 535 Å². The summed E-state index contributed by atoms with van der Waals surface area (Å²) in [5, 5.41) is 89.7. The minimum absolute atomic E-state index is 0. The van der Waals surface area contributed by atoms with Gasteiger partial charge in [-0.25, -0.2) is 0 Å². The average molecular weight is 1330 g/mol. The van der Waals surface area contributed by atoms with Crippen LogP contribution in [-0.4, -0.2) is 168 Å². The summed E-state index contributed by atoms with van der Waals surface area (Å²) in [4.78, 5) is 89.7. The van der Waals surface area contributed by atoms with E-state index < -0.39 is 109 Å². The van der Waals surface area contributed by atoms with Crippen LogP contribution in [-0.2, 0) is 173 Å². The third kappa shape index (κ3) is 44.7. The van der Waals surface area contributed by atoms with Crippen molar-refractivity contribution in [2.45, 2.75) is 171 Å². The zero-order chi connectivity index (χ0) is 53.8. The van der Waals surface area contributed by atoms with Crippen LogP contribution in [0.25, 0.3) is 0 Å². The van der Waals surface area contributed by atoms with Gasteiger partial charge in [-0.1, -0.05) is 0 Å². The van der Waals surface area contributed by atoms with Gasteiger partial charge in [-0.05, 0) is 116 Å². The standard InChI is InChI=1S/9C5H8O3.3ClH.4Ti/c9*6-5(7)4-2-1-3-8-4;;;;;;;/h9*4H,1-3H2,(H,6,7);3*1H;;;;/q;;;;;;;;;;;;4*+3/p-12. The molecule has 4 radical (unpaired) electrons. The number of carbonyl (C=O) groups excluding carboxylic acids is 9. The fourth-order valence-electron chi connectivity index (χ4n) is 6.87. The molecule has 0 aliphatic carbocycles. The number of carboxylic acids is 9. The van der Waals surface area contributed by atoms with Crippen molar-refractivity contribution in [2.24, 2.45) is 0 Å². The van der Waals surface area contributed by atoms with Crippen molar-refractivity contribution in [2.75, 3.05) is 59.5 Å². The van der Waals surface area contributed by atoms with Crippen LogP contribution in [0.1, 0.15) is 116 Å². The van der Waals surface area contributed by atoms with Crippen molar-refractivity contribution >= 4 is 53.7 Å². The van der Waals surface area contributed by atoms with Crippen LogP contribution in [0.15, 0.2) is 0 Å². The topological polar surface area (TPSA) is 444 Å². The molecule has 9 heterocycles. The van der Waals surface area contributed by atoms with Gasteiger partial charge in [-0.2, -0.15) is 0 Å². The van der Waals surface area contributed by atoms with E-state index in [1.165, 1.54) is 0 Å². The van der Waals surface area contributed by atoms with E-state index in [-0.39, 0.29) is 124 Å². The Hall–Kier alpha value is -1.40. The fraction of sp³-hybridized carbons (Fsp3) is 0.800. The van der Waals surface area contributed by atoms with Crippen LogP contribution in [0, 0.1) is 0 Å². The summed E-state index contributed by atoms with van der Waals surface area (Å²) >= 11 is 0. The molecule has 0 amide bonds. The molecule has 9 aliphatic heterocycles. The second-order valence-corrected chi connectivity index (χ2v) is 16.4. The minimum atomic E-state index is -1.08. The molecule has 9 rings (SSSR count). The predicted octanol–water partition coefficient (Wildman–Crippen LogP) is -18.8. The number of carbonyl (C=O) groups is 9. The molecule has 27 nitrogen and oxygen atoms in total. The molecule has 9 aliphatic rings. The van der Waals surface area contributed by atoms with E-state index in [1.807, 2.05) is 0 Å². The Morgan fingerprint density at radius 3 is 0.304 bits per heavy atom. The summed E-state index contributed by atoms with van der Waals surface area (Å²) in [5.41, 5.74) is 0. The van der Waals surface area contributed by atoms with Gasteiger partial charge in [-0.3, -0.25) is 0 Å². The normalized spacial score (nSPS) is 25.7. The van der Waals surface area contributed by atoms with Crippen molar-refractivity contribution in [1.29, 1.82) is 0 Å². The zero-order valence-electron chi connectivity index (χ0n) is 42.9. The number of carboxylic acid groups (broad SMARTS) is 9. The Morgan fingerprint density at radius 1 is 0.203 bits per heavy atom. The quantitative estimate of drug-likeness (QED) is 0.193. The Balaban J connectivity index is -0.000000146. The molecule has 442 valence electrons. The maximum absolute atomic E-state index is 9.97. The molecule has 9 atom stereocenters. The first kappa shape index (κ1) is 91.3. The number of hydrogen-bond donors (Lipinski definition) is 0. The predicted molar refractivity (Wildman–Crippen MR) is 216 cm³/mol. The SMILES string of the molecule is O=C([O-])C1CCCO1.O=C([O-])C1CCCO1.O=C([O-])C1CCCO1.O=C([O-])C1CCCO1.O=C([O-])C1CCCO1.O=C([O-])C1CCCO1.O=C([O-])C1CCCO1.O=C([O-])C1CCCO1.O=C([O-])C1CCCO1.[Cl-].[Cl-].[Cl-].[Ti+3].[Ti+3].[Ti+3].[Ti+3]. The minimum Gasteiger partial charge on any atom is -1.00 e. The molecule has 0 aromatic carbocycles. The van der Waals surface area contributed by atoms with Gasteiger partial charge in [0.05, 0.1) is 109 Å². The third-order valence-electron chi connectivity index (χ3n) is 10.7. The first-order chi connectivity index (χ1) is 34.2. The van der Waals surface area contributed by atoms with Crippen LogP contribution in [0.2, 0.25) is 0 Å². The molecule has 0 saturated carbocycles.